The van der Waals surface area contributed by atoms with Crippen LogP contribution in [0.15, 0.2) is 48.7 Å². The van der Waals surface area contributed by atoms with E-state index in [1.165, 1.54) is 29.7 Å². The molecule has 2 aromatic carbocycles. The zero-order valence-corrected chi connectivity index (χ0v) is 15.7. The summed E-state index contributed by atoms with van der Waals surface area (Å²) in [6, 6.07) is 14.6. The lowest BCUT2D eigenvalue weighted by molar-refractivity contribution is 0.949. The standard InChI is InChI=1S/C21H24N6/c1-15-6-5-7-16(2)20(15)24-19-14-22-26-21(25-19)23-17-8-10-18(11-9-17)27-12-3-4-13-27/h5-11,14H,3-4,12-13H2,1-2H3,(H2,23,24,25,26). The summed E-state index contributed by atoms with van der Waals surface area (Å²) < 4.78 is 0. The fourth-order valence-electron chi connectivity index (χ4n) is 3.42. The van der Waals surface area contributed by atoms with E-state index in [2.05, 4.69) is 81.0 Å². The molecule has 3 aromatic rings. The fraction of sp³-hybridized carbons (Fsp3) is 0.286. The van der Waals surface area contributed by atoms with Crippen molar-refractivity contribution < 1.29 is 0 Å². The highest BCUT2D eigenvalue weighted by Gasteiger charge is 2.12. The maximum atomic E-state index is 4.54. The molecule has 2 heterocycles. The number of rotatable bonds is 5. The molecule has 0 atom stereocenters. The van der Waals surface area contributed by atoms with Crippen molar-refractivity contribution in [3.8, 4) is 0 Å². The topological polar surface area (TPSA) is 66.0 Å². The van der Waals surface area contributed by atoms with Gasteiger partial charge < -0.3 is 15.5 Å². The van der Waals surface area contributed by atoms with Crippen molar-refractivity contribution in [1.29, 1.82) is 0 Å². The van der Waals surface area contributed by atoms with E-state index in [0.29, 0.717) is 11.8 Å². The monoisotopic (exact) mass is 360 g/mol. The second-order valence-corrected chi connectivity index (χ2v) is 6.92. The van der Waals surface area contributed by atoms with Crippen LogP contribution < -0.4 is 15.5 Å². The predicted octanol–water partition coefficient (Wildman–Crippen LogP) is 4.58. The van der Waals surface area contributed by atoms with E-state index in [-0.39, 0.29) is 0 Å². The first-order valence-corrected chi connectivity index (χ1v) is 9.34. The number of para-hydroxylation sites is 1. The Morgan fingerprint density at radius 2 is 1.59 bits per heavy atom. The smallest absolute Gasteiger partial charge is 0.249 e. The zero-order chi connectivity index (χ0) is 18.6. The second kappa shape index (κ2) is 7.61. The van der Waals surface area contributed by atoms with Gasteiger partial charge in [-0.05, 0) is 62.1 Å². The van der Waals surface area contributed by atoms with E-state index in [0.717, 1.165) is 24.5 Å². The highest BCUT2D eigenvalue weighted by Crippen LogP contribution is 2.25. The average molecular weight is 360 g/mol. The lowest BCUT2D eigenvalue weighted by atomic mass is 10.1. The molecule has 1 aliphatic heterocycles. The quantitative estimate of drug-likeness (QED) is 0.694. The summed E-state index contributed by atoms with van der Waals surface area (Å²) in [5, 5.41) is 14.8. The molecule has 138 valence electrons. The summed E-state index contributed by atoms with van der Waals surface area (Å²) in [4.78, 5) is 6.95. The van der Waals surface area contributed by atoms with Crippen molar-refractivity contribution in [3.05, 3.63) is 59.8 Å². The number of aryl methyl sites for hydroxylation is 2. The van der Waals surface area contributed by atoms with Gasteiger partial charge in [0.15, 0.2) is 5.82 Å². The minimum atomic E-state index is 0.472. The van der Waals surface area contributed by atoms with Crippen LogP contribution >= 0.6 is 0 Å². The van der Waals surface area contributed by atoms with Gasteiger partial charge in [0.25, 0.3) is 0 Å². The van der Waals surface area contributed by atoms with Crippen molar-refractivity contribution in [2.75, 3.05) is 28.6 Å². The second-order valence-electron chi connectivity index (χ2n) is 6.92. The molecular formula is C21H24N6. The number of benzene rings is 2. The molecule has 0 radical (unpaired) electrons. The summed E-state index contributed by atoms with van der Waals surface area (Å²) in [5.41, 5.74) is 5.60. The van der Waals surface area contributed by atoms with Gasteiger partial charge in [0.2, 0.25) is 5.95 Å². The van der Waals surface area contributed by atoms with Crippen LogP contribution in [0.1, 0.15) is 24.0 Å². The molecule has 0 unspecified atom stereocenters. The van der Waals surface area contributed by atoms with Crippen LogP contribution in [-0.4, -0.2) is 28.3 Å². The van der Waals surface area contributed by atoms with E-state index in [1.807, 2.05) is 6.07 Å². The van der Waals surface area contributed by atoms with Crippen LogP contribution in [0.25, 0.3) is 0 Å². The Balaban J connectivity index is 1.48. The van der Waals surface area contributed by atoms with Crippen LogP contribution in [-0.2, 0) is 0 Å². The van der Waals surface area contributed by atoms with Gasteiger partial charge in [-0.2, -0.15) is 10.1 Å². The Hall–Kier alpha value is -3.15. The van der Waals surface area contributed by atoms with Crippen molar-refractivity contribution >= 4 is 28.8 Å². The Morgan fingerprint density at radius 3 is 2.30 bits per heavy atom. The number of nitrogens with zero attached hydrogens (tertiary/aromatic N) is 4. The van der Waals surface area contributed by atoms with Crippen LogP contribution in [0.5, 0.6) is 0 Å². The maximum absolute atomic E-state index is 4.54. The molecule has 1 saturated heterocycles. The van der Waals surface area contributed by atoms with E-state index in [4.69, 9.17) is 0 Å². The van der Waals surface area contributed by atoms with E-state index in [9.17, 15) is 0 Å². The van der Waals surface area contributed by atoms with Gasteiger partial charge in [0.1, 0.15) is 0 Å². The molecule has 0 spiro atoms. The lowest BCUT2D eigenvalue weighted by Crippen LogP contribution is -2.17. The minimum Gasteiger partial charge on any atom is -0.372 e. The van der Waals surface area contributed by atoms with Gasteiger partial charge in [-0.1, -0.05) is 18.2 Å². The zero-order valence-electron chi connectivity index (χ0n) is 15.7. The molecule has 0 saturated carbocycles. The van der Waals surface area contributed by atoms with Gasteiger partial charge in [0, 0.05) is 30.2 Å². The summed E-state index contributed by atoms with van der Waals surface area (Å²) in [6.45, 7) is 6.44. The molecule has 6 nitrogen and oxygen atoms in total. The molecule has 1 aliphatic rings. The first kappa shape index (κ1) is 17.3. The summed E-state index contributed by atoms with van der Waals surface area (Å²) in [6.07, 6.45) is 4.19. The molecule has 0 aliphatic carbocycles. The summed E-state index contributed by atoms with van der Waals surface area (Å²) in [7, 11) is 0. The SMILES string of the molecule is Cc1cccc(C)c1Nc1cnnc(Nc2ccc(N3CCCC3)cc2)n1. The average Bonchev–Trinajstić information content (AvgIpc) is 3.21. The minimum absolute atomic E-state index is 0.472. The van der Waals surface area contributed by atoms with Crippen molar-refractivity contribution in [2.24, 2.45) is 0 Å². The Morgan fingerprint density at radius 1 is 0.889 bits per heavy atom. The fourth-order valence-corrected chi connectivity index (χ4v) is 3.42. The molecule has 2 N–H and O–H groups in total. The number of hydrogen-bond donors (Lipinski definition) is 2. The first-order chi connectivity index (χ1) is 13.2. The first-order valence-electron chi connectivity index (χ1n) is 9.34. The number of hydrogen-bond acceptors (Lipinski definition) is 6. The van der Waals surface area contributed by atoms with Crippen molar-refractivity contribution in [2.45, 2.75) is 26.7 Å². The molecule has 4 rings (SSSR count). The normalized spacial score (nSPS) is 13.6. The largest absolute Gasteiger partial charge is 0.372 e. The number of anilines is 5. The molecule has 0 bridgehead atoms. The maximum Gasteiger partial charge on any atom is 0.249 e. The van der Waals surface area contributed by atoms with E-state index < -0.39 is 0 Å². The molecule has 1 aromatic heterocycles. The van der Waals surface area contributed by atoms with Crippen molar-refractivity contribution in [3.63, 3.8) is 0 Å². The predicted molar refractivity (Wildman–Crippen MR) is 110 cm³/mol. The van der Waals surface area contributed by atoms with E-state index in [1.54, 1.807) is 6.20 Å². The van der Waals surface area contributed by atoms with Crippen LogP contribution in [0.2, 0.25) is 0 Å². The highest BCUT2D eigenvalue weighted by atomic mass is 15.3. The number of nitrogens with one attached hydrogen (secondary N) is 2. The molecule has 1 fully saturated rings. The molecule has 27 heavy (non-hydrogen) atoms. The van der Waals surface area contributed by atoms with Gasteiger partial charge in [-0.3, -0.25) is 0 Å². The third kappa shape index (κ3) is 4.00. The Labute approximate surface area is 159 Å². The third-order valence-corrected chi connectivity index (χ3v) is 4.89. The third-order valence-electron chi connectivity index (χ3n) is 4.89. The van der Waals surface area contributed by atoms with Crippen LogP contribution in [0.3, 0.4) is 0 Å². The molecule has 6 heteroatoms. The van der Waals surface area contributed by atoms with Crippen LogP contribution in [0, 0.1) is 13.8 Å². The van der Waals surface area contributed by atoms with Crippen molar-refractivity contribution in [1.82, 2.24) is 15.2 Å². The Kier molecular flexibility index (Phi) is 4.87. The van der Waals surface area contributed by atoms with Gasteiger partial charge in [-0.25, -0.2) is 0 Å². The van der Waals surface area contributed by atoms with Gasteiger partial charge >= 0.3 is 0 Å². The molecule has 0 amide bonds. The molecular weight excluding hydrogens is 336 g/mol. The highest BCUT2D eigenvalue weighted by molar-refractivity contribution is 5.65. The van der Waals surface area contributed by atoms with E-state index >= 15 is 0 Å². The Bertz CT molecular complexity index is 896. The summed E-state index contributed by atoms with van der Waals surface area (Å²) in [5.74, 6) is 1.14. The van der Waals surface area contributed by atoms with Gasteiger partial charge in [-0.15, -0.1) is 5.10 Å². The lowest BCUT2D eigenvalue weighted by Gasteiger charge is -2.17. The van der Waals surface area contributed by atoms with Gasteiger partial charge in [0.05, 0.1) is 6.20 Å². The number of aromatic nitrogens is 3. The van der Waals surface area contributed by atoms with Crippen LogP contribution in [0.4, 0.5) is 28.8 Å². The summed E-state index contributed by atoms with van der Waals surface area (Å²) >= 11 is 0.